The van der Waals surface area contributed by atoms with Crippen LogP contribution in [0.3, 0.4) is 0 Å². The monoisotopic (exact) mass is 469 g/mol. The van der Waals surface area contributed by atoms with Crippen LogP contribution in [-0.4, -0.2) is 53.6 Å². The highest BCUT2D eigenvalue weighted by Gasteiger charge is 2.48. The van der Waals surface area contributed by atoms with Gasteiger partial charge in [0.25, 0.3) is 5.91 Å². The van der Waals surface area contributed by atoms with Crippen molar-refractivity contribution in [3.8, 4) is 11.5 Å². The van der Waals surface area contributed by atoms with Crippen LogP contribution in [0, 0.1) is 11.8 Å². The Morgan fingerprint density at radius 1 is 1.18 bits per heavy atom. The van der Waals surface area contributed by atoms with Gasteiger partial charge < -0.3 is 24.3 Å². The number of aromatic nitrogens is 1. The number of rotatable bonds is 7. The molecule has 1 aliphatic carbocycles. The number of ether oxygens (including phenoxy) is 2. The number of carbonyl (C=O) groups is 2. The average Bonchev–Trinajstić information content (AvgIpc) is 3.19. The first-order chi connectivity index (χ1) is 16.2. The molecular formula is C27H39N3O4. The zero-order chi connectivity index (χ0) is 24.6. The highest BCUT2D eigenvalue weighted by molar-refractivity contribution is 6.05. The van der Waals surface area contributed by atoms with Crippen LogP contribution in [0.1, 0.15) is 70.3 Å². The molecule has 0 saturated heterocycles. The molecule has 0 unspecified atom stereocenters. The van der Waals surface area contributed by atoms with Crippen molar-refractivity contribution in [3.63, 3.8) is 0 Å². The highest BCUT2D eigenvalue weighted by Crippen LogP contribution is 2.40. The third kappa shape index (κ3) is 4.14. The lowest BCUT2D eigenvalue weighted by Crippen LogP contribution is -2.65. The molecule has 2 aromatic rings. The van der Waals surface area contributed by atoms with Gasteiger partial charge in [0.15, 0.2) is 0 Å². The first-order valence-corrected chi connectivity index (χ1v) is 12.6. The largest absolute Gasteiger partial charge is 0.496 e. The van der Waals surface area contributed by atoms with Gasteiger partial charge in [0, 0.05) is 18.0 Å². The first-order valence-electron chi connectivity index (χ1n) is 12.6. The molecule has 1 aliphatic heterocycles. The zero-order valence-electron chi connectivity index (χ0n) is 21.4. The number of fused-ring (bicyclic) bond motifs is 3. The Balaban J connectivity index is 1.80. The lowest BCUT2D eigenvalue weighted by Gasteiger charge is -2.45. The van der Waals surface area contributed by atoms with E-state index in [9.17, 15) is 9.59 Å². The van der Waals surface area contributed by atoms with E-state index >= 15 is 0 Å². The van der Waals surface area contributed by atoms with Crippen molar-refractivity contribution in [1.29, 1.82) is 0 Å². The molecule has 1 N–H and O–H groups in total. The molecule has 2 heterocycles. The van der Waals surface area contributed by atoms with Crippen LogP contribution in [0.5, 0.6) is 11.5 Å². The summed E-state index contributed by atoms with van der Waals surface area (Å²) in [5, 5.41) is 4.16. The number of carbonyl (C=O) groups excluding carboxylic acids is 2. The maximum Gasteiger partial charge on any atom is 0.271 e. The van der Waals surface area contributed by atoms with E-state index in [1.807, 2.05) is 29.7 Å². The Bertz CT molecular complexity index is 1080. The van der Waals surface area contributed by atoms with Crippen molar-refractivity contribution in [2.75, 3.05) is 20.8 Å². The second-order valence-corrected chi connectivity index (χ2v) is 10.6. The molecule has 0 radical (unpaired) electrons. The predicted octanol–water partition coefficient (Wildman–Crippen LogP) is 4.61. The van der Waals surface area contributed by atoms with Gasteiger partial charge in [-0.2, -0.15) is 0 Å². The Hall–Kier alpha value is -2.70. The van der Waals surface area contributed by atoms with Crippen molar-refractivity contribution in [1.82, 2.24) is 14.8 Å². The third-order valence-electron chi connectivity index (χ3n) is 7.79. The lowest BCUT2D eigenvalue weighted by molar-refractivity contribution is -0.134. The van der Waals surface area contributed by atoms with Crippen LogP contribution < -0.4 is 14.8 Å². The van der Waals surface area contributed by atoms with Crippen molar-refractivity contribution in [3.05, 3.63) is 23.9 Å². The van der Waals surface area contributed by atoms with Gasteiger partial charge in [-0.25, -0.2) is 0 Å². The third-order valence-corrected chi connectivity index (χ3v) is 7.79. The summed E-state index contributed by atoms with van der Waals surface area (Å²) in [6, 6.07) is 5.73. The van der Waals surface area contributed by atoms with Crippen LogP contribution in [0.25, 0.3) is 10.9 Å². The standard InChI is InChI=1S/C27H39N3O4/c1-17(2)13-14-30-25(31)21-15-19-22(33-5)11-12-23(34-6)24(19)29(21)16-27(30,4)26(32)28-20-10-8-7-9-18(20)3/h11-12,15,17-18,20H,7-10,13-14,16H2,1-6H3,(H,28,32)/t18-,20+,27-/m1/s1. The molecule has 1 saturated carbocycles. The van der Waals surface area contributed by atoms with Crippen LogP contribution >= 0.6 is 0 Å². The van der Waals surface area contributed by atoms with Crippen molar-refractivity contribution >= 4 is 22.7 Å². The van der Waals surface area contributed by atoms with Gasteiger partial charge in [-0.15, -0.1) is 0 Å². The summed E-state index contributed by atoms with van der Waals surface area (Å²) in [5.74, 6) is 2.01. The summed E-state index contributed by atoms with van der Waals surface area (Å²) >= 11 is 0. The molecular weight excluding hydrogens is 430 g/mol. The molecule has 3 atom stereocenters. The maximum atomic E-state index is 13.9. The smallest absolute Gasteiger partial charge is 0.271 e. The second kappa shape index (κ2) is 9.51. The summed E-state index contributed by atoms with van der Waals surface area (Å²) in [6.07, 6.45) is 5.30. The first kappa shape index (κ1) is 24.4. The van der Waals surface area contributed by atoms with Crippen LogP contribution in [0.4, 0.5) is 0 Å². The number of hydrogen-bond acceptors (Lipinski definition) is 4. The molecule has 1 aromatic heterocycles. The second-order valence-electron chi connectivity index (χ2n) is 10.6. The maximum absolute atomic E-state index is 13.9. The minimum absolute atomic E-state index is 0.0716. The molecule has 7 nitrogen and oxygen atoms in total. The summed E-state index contributed by atoms with van der Waals surface area (Å²) in [5.41, 5.74) is 0.354. The molecule has 186 valence electrons. The number of nitrogens with one attached hydrogen (secondary N) is 1. The van der Waals surface area contributed by atoms with Gasteiger partial charge in [0.2, 0.25) is 5.91 Å². The van der Waals surface area contributed by atoms with Crippen molar-refractivity contribution < 1.29 is 19.1 Å². The highest BCUT2D eigenvalue weighted by atomic mass is 16.5. The van der Waals surface area contributed by atoms with Gasteiger partial charge >= 0.3 is 0 Å². The number of benzene rings is 1. The van der Waals surface area contributed by atoms with Crippen LogP contribution in [0.15, 0.2) is 18.2 Å². The minimum atomic E-state index is -1.00. The van der Waals surface area contributed by atoms with E-state index in [2.05, 4.69) is 26.1 Å². The topological polar surface area (TPSA) is 72.8 Å². The van der Waals surface area contributed by atoms with Crippen LogP contribution in [-0.2, 0) is 11.3 Å². The molecule has 34 heavy (non-hydrogen) atoms. The fraction of sp³-hybridized carbons (Fsp3) is 0.630. The number of nitrogens with zero attached hydrogens (tertiary/aromatic N) is 2. The Kier molecular flexibility index (Phi) is 6.83. The minimum Gasteiger partial charge on any atom is -0.496 e. The SMILES string of the molecule is COc1ccc(OC)c2c1cc1n2C[C@](C)(C(=O)N[C@H]2CCCC[C@H]2C)N(CCC(C)C)C1=O. The average molecular weight is 470 g/mol. The molecule has 4 rings (SSSR count). The van der Waals surface area contributed by atoms with Gasteiger partial charge in [0.05, 0.1) is 26.3 Å². The van der Waals surface area contributed by atoms with Crippen molar-refractivity contribution in [2.45, 2.75) is 77.9 Å². The Morgan fingerprint density at radius 3 is 2.50 bits per heavy atom. The number of amides is 2. The number of methoxy groups -OCH3 is 2. The van der Waals surface area contributed by atoms with Gasteiger partial charge in [0.1, 0.15) is 22.7 Å². The Morgan fingerprint density at radius 2 is 1.85 bits per heavy atom. The summed E-state index contributed by atoms with van der Waals surface area (Å²) in [7, 11) is 3.24. The molecule has 0 spiro atoms. The Labute approximate surface area is 202 Å². The van der Waals surface area contributed by atoms with Crippen LogP contribution in [0.2, 0.25) is 0 Å². The van der Waals surface area contributed by atoms with Gasteiger partial charge in [-0.05, 0) is 56.2 Å². The molecule has 1 fully saturated rings. The van der Waals surface area contributed by atoms with E-state index in [1.54, 1.807) is 19.1 Å². The summed E-state index contributed by atoms with van der Waals surface area (Å²) < 4.78 is 13.2. The molecule has 2 aliphatic rings. The fourth-order valence-corrected chi connectivity index (χ4v) is 5.55. The quantitative estimate of drug-likeness (QED) is 0.643. The molecule has 1 aromatic carbocycles. The van der Waals surface area contributed by atoms with E-state index in [0.29, 0.717) is 42.1 Å². The summed E-state index contributed by atoms with van der Waals surface area (Å²) in [6.45, 7) is 9.31. The molecule has 2 amide bonds. The van der Waals surface area contributed by atoms with E-state index in [1.165, 1.54) is 6.42 Å². The van der Waals surface area contributed by atoms with E-state index in [-0.39, 0.29) is 17.9 Å². The number of hydrogen-bond donors (Lipinski definition) is 1. The fourth-order valence-electron chi connectivity index (χ4n) is 5.55. The molecule has 7 heteroatoms. The predicted molar refractivity (Wildman–Crippen MR) is 134 cm³/mol. The van der Waals surface area contributed by atoms with Gasteiger partial charge in [-0.1, -0.05) is 33.6 Å². The van der Waals surface area contributed by atoms with E-state index in [4.69, 9.17) is 9.47 Å². The lowest BCUT2D eigenvalue weighted by atomic mass is 9.85. The van der Waals surface area contributed by atoms with E-state index < -0.39 is 5.54 Å². The van der Waals surface area contributed by atoms with Gasteiger partial charge in [-0.3, -0.25) is 9.59 Å². The van der Waals surface area contributed by atoms with E-state index in [0.717, 1.165) is 36.6 Å². The summed E-state index contributed by atoms with van der Waals surface area (Å²) in [4.78, 5) is 29.6. The zero-order valence-corrected chi connectivity index (χ0v) is 21.4. The van der Waals surface area contributed by atoms with Crippen molar-refractivity contribution in [2.24, 2.45) is 11.8 Å². The normalized spacial score (nSPS) is 24.9. The molecule has 0 bridgehead atoms.